The molecule has 3 N–H and O–H groups in total. The molecule has 0 bridgehead atoms. The molecule has 1 saturated heterocycles. The summed E-state index contributed by atoms with van der Waals surface area (Å²) in [6.45, 7) is 2.30. The van der Waals surface area contributed by atoms with Crippen molar-refractivity contribution in [3.05, 3.63) is 23.8 Å². The molecule has 0 unspecified atom stereocenters. The summed E-state index contributed by atoms with van der Waals surface area (Å²) >= 11 is 0. The highest BCUT2D eigenvalue weighted by Gasteiger charge is 2.17. The van der Waals surface area contributed by atoms with E-state index in [1.54, 1.807) is 18.2 Å². The van der Waals surface area contributed by atoms with Crippen LogP contribution in [0.25, 0.3) is 0 Å². The van der Waals surface area contributed by atoms with Gasteiger partial charge in [0.1, 0.15) is 0 Å². The van der Waals surface area contributed by atoms with E-state index in [1.807, 2.05) is 4.90 Å². The van der Waals surface area contributed by atoms with Gasteiger partial charge in [0, 0.05) is 26.1 Å². The van der Waals surface area contributed by atoms with Crippen molar-refractivity contribution in [1.82, 2.24) is 4.90 Å². The fraction of sp³-hybridized carbons (Fsp3) is 0.429. The lowest BCUT2D eigenvalue weighted by molar-refractivity contribution is -0.129. The van der Waals surface area contributed by atoms with E-state index in [9.17, 15) is 4.79 Å². The first kappa shape index (κ1) is 13.2. The number of carbonyl (C=O) groups excluding carboxylic acids is 1. The summed E-state index contributed by atoms with van der Waals surface area (Å²) in [5.41, 5.74) is 7.68. The van der Waals surface area contributed by atoms with Gasteiger partial charge in [-0.3, -0.25) is 4.79 Å². The van der Waals surface area contributed by atoms with Gasteiger partial charge in [0.25, 0.3) is 0 Å². The van der Waals surface area contributed by atoms with E-state index < -0.39 is 0 Å². The van der Waals surface area contributed by atoms with Crippen molar-refractivity contribution in [2.45, 2.75) is 19.3 Å². The lowest BCUT2D eigenvalue weighted by Crippen LogP contribution is -2.29. The summed E-state index contributed by atoms with van der Waals surface area (Å²) < 4.78 is 0. The molecule has 1 heterocycles. The zero-order valence-corrected chi connectivity index (χ0v) is 10.9. The van der Waals surface area contributed by atoms with E-state index in [2.05, 4.69) is 11.4 Å². The second kappa shape index (κ2) is 6.10. The number of rotatable bonds is 4. The number of nitrogens with one attached hydrogen (secondary N) is 1. The Morgan fingerprint density at radius 1 is 1.42 bits per heavy atom. The molecular formula is C14H18N4O. The summed E-state index contributed by atoms with van der Waals surface area (Å²) in [5, 5.41) is 11.9. The molecule has 1 amide bonds. The van der Waals surface area contributed by atoms with Crippen LogP contribution in [-0.4, -0.2) is 30.4 Å². The molecule has 0 saturated carbocycles. The number of hydrogen-bond donors (Lipinski definition) is 2. The van der Waals surface area contributed by atoms with Gasteiger partial charge in [-0.05, 0) is 31.0 Å². The molecule has 19 heavy (non-hydrogen) atoms. The molecule has 1 aliphatic rings. The number of hydrogen-bond acceptors (Lipinski definition) is 4. The lowest BCUT2D eigenvalue weighted by Gasteiger charge is -2.16. The lowest BCUT2D eigenvalue weighted by atomic mass is 10.2. The highest BCUT2D eigenvalue weighted by Crippen LogP contribution is 2.19. The number of nitrogens with zero attached hydrogens (tertiary/aromatic N) is 2. The summed E-state index contributed by atoms with van der Waals surface area (Å²) in [4.78, 5) is 13.7. The van der Waals surface area contributed by atoms with Gasteiger partial charge in [-0.15, -0.1) is 0 Å². The molecule has 2 rings (SSSR count). The summed E-state index contributed by atoms with van der Waals surface area (Å²) in [7, 11) is 0. The van der Waals surface area contributed by atoms with Gasteiger partial charge in [0.05, 0.1) is 23.0 Å². The van der Waals surface area contributed by atoms with Crippen LogP contribution in [0.4, 0.5) is 11.4 Å². The molecule has 0 atom stereocenters. The minimum Gasteiger partial charge on any atom is -0.397 e. The van der Waals surface area contributed by atoms with Crippen LogP contribution in [0.3, 0.4) is 0 Å². The van der Waals surface area contributed by atoms with Crippen LogP contribution in [0.5, 0.6) is 0 Å². The van der Waals surface area contributed by atoms with E-state index in [4.69, 9.17) is 11.0 Å². The third-order valence-corrected chi connectivity index (χ3v) is 3.30. The number of nitrogen functional groups attached to an aromatic ring is 1. The minimum atomic E-state index is 0.181. The molecule has 1 aliphatic heterocycles. The fourth-order valence-corrected chi connectivity index (χ4v) is 2.21. The van der Waals surface area contributed by atoms with Crippen molar-refractivity contribution in [3.63, 3.8) is 0 Å². The SMILES string of the molecule is N#Cc1ccc(N)c(NCCC(=O)N2CCCC2)c1. The zero-order chi connectivity index (χ0) is 13.7. The van der Waals surface area contributed by atoms with Crippen LogP contribution < -0.4 is 11.1 Å². The number of amides is 1. The predicted molar refractivity (Wildman–Crippen MR) is 74.5 cm³/mol. The second-order valence-electron chi connectivity index (χ2n) is 4.68. The monoisotopic (exact) mass is 258 g/mol. The number of benzene rings is 1. The third kappa shape index (κ3) is 3.38. The average Bonchev–Trinajstić information content (AvgIpc) is 2.95. The number of nitrogens with two attached hydrogens (primary N) is 1. The molecule has 0 aromatic heterocycles. The molecule has 5 nitrogen and oxygen atoms in total. The predicted octanol–water partition coefficient (Wildman–Crippen LogP) is 1.56. The first-order chi connectivity index (χ1) is 9.20. The van der Waals surface area contributed by atoms with E-state index in [0.717, 1.165) is 25.9 Å². The normalized spacial score (nSPS) is 14.2. The van der Waals surface area contributed by atoms with Crippen LogP contribution >= 0.6 is 0 Å². The standard InChI is InChI=1S/C14H18N4O/c15-10-11-3-4-12(16)13(9-11)17-6-5-14(19)18-7-1-2-8-18/h3-4,9,17H,1-2,5-8,16H2. The highest BCUT2D eigenvalue weighted by molar-refractivity contribution is 5.77. The molecule has 5 heteroatoms. The zero-order valence-electron chi connectivity index (χ0n) is 10.9. The Bertz CT molecular complexity index is 501. The van der Waals surface area contributed by atoms with Crippen molar-refractivity contribution in [3.8, 4) is 6.07 Å². The van der Waals surface area contributed by atoms with E-state index in [-0.39, 0.29) is 5.91 Å². The van der Waals surface area contributed by atoms with Crippen molar-refractivity contribution < 1.29 is 4.79 Å². The third-order valence-electron chi connectivity index (χ3n) is 3.30. The highest BCUT2D eigenvalue weighted by atomic mass is 16.2. The summed E-state index contributed by atoms with van der Waals surface area (Å²) in [5.74, 6) is 0.181. The van der Waals surface area contributed by atoms with Crippen LogP contribution in [0, 0.1) is 11.3 Å². The Hall–Kier alpha value is -2.22. The largest absolute Gasteiger partial charge is 0.397 e. The molecule has 100 valence electrons. The topological polar surface area (TPSA) is 82.1 Å². The molecule has 1 fully saturated rings. The van der Waals surface area contributed by atoms with Crippen LogP contribution in [0.2, 0.25) is 0 Å². The number of likely N-dealkylation sites (tertiary alicyclic amines) is 1. The van der Waals surface area contributed by atoms with Gasteiger partial charge in [-0.1, -0.05) is 0 Å². The molecule has 1 aromatic rings. The van der Waals surface area contributed by atoms with Crippen LogP contribution in [0.15, 0.2) is 18.2 Å². The quantitative estimate of drug-likeness (QED) is 0.803. The minimum absolute atomic E-state index is 0.181. The average molecular weight is 258 g/mol. The van der Waals surface area contributed by atoms with E-state index in [1.165, 1.54) is 0 Å². The maximum Gasteiger partial charge on any atom is 0.224 e. The Morgan fingerprint density at radius 3 is 2.84 bits per heavy atom. The molecule has 1 aromatic carbocycles. The fourth-order valence-electron chi connectivity index (χ4n) is 2.21. The van der Waals surface area contributed by atoms with Crippen molar-refractivity contribution >= 4 is 17.3 Å². The van der Waals surface area contributed by atoms with Crippen LogP contribution in [-0.2, 0) is 4.79 Å². The maximum absolute atomic E-state index is 11.8. The number of nitriles is 1. The Labute approximate surface area is 113 Å². The van der Waals surface area contributed by atoms with Gasteiger partial charge in [0.15, 0.2) is 0 Å². The van der Waals surface area contributed by atoms with Crippen molar-refractivity contribution in [2.75, 3.05) is 30.7 Å². The number of carbonyl (C=O) groups is 1. The van der Waals surface area contributed by atoms with Gasteiger partial charge < -0.3 is 16.0 Å². The van der Waals surface area contributed by atoms with Crippen LogP contribution in [0.1, 0.15) is 24.8 Å². The van der Waals surface area contributed by atoms with E-state index >= 15 is 0 Å². The Balaban J connectivity index is 1.85. The van der Waals surface area contributed by atoms with Gasteiger partial charge in [-0.25, -0.2) is 0 Å². The van der Waals surface area contributed by atoms with E-state index in [0.29, 0.717) is 29.9 Å². The number of anilines is 2. The Morgan fingerprint density at radius 2 is 2.16 bits per heavy atom. The Kier molecular flexibility index (Phi) is 4.24. The second-order valence-corrected chi connectivity index (χ2v) is 4.68. The van der Waals surface area contributed by atoms with Gasteiger partial charge >= 0.3 is 0 Å². The van der Waals surface area contributed by atoms with Gasteiger partial charge in [-0.2, -0.15) is 5.26 Å². The molecule has 0 spiro atoms. The first-order valence-electron chi connectivity index (χ1n) is 6.52. The summed E-state index contributed by atoms with van der Waals surface area (Å²) in [6.07, 6.45) is 2.67. The van der Waals surface area contributed by atoms with Gasteiger partial charge in [0.2, 0.25) is 5.91 Å². The molecule has 0 radical (unpaired) electrons. The van der Waals surface area contributed by atoms with Crippen molar-refractivity contribution in [1.29, 1.82) is 5.26 Å². The first-order valence-corrected chi connectivity index (χ1v) is 6.52. The molecular weight excluding hydrogens is 240 g/mol. The van der Waals surface area contributed by atoms with Crippen molar-refractivity contribution in [2.24, 2.45) is 0 Å². The molecule has 0 aliphatic carbocycles. The maximum atomic E-state index is 11.8. The smallest absolute Gasteiger partial charge is 0.224 e. The summed E-state index contributed by atoms with van der Waals surface area (Å²) in [6, 6.07) is 7.15.